The first-order chi connectivity index (χ1) is 5.83. The molecule has 1 fully saturated rings. The van der Waals surface area contributed by atoms with E-state index in [1.54, 1.807) is 0 Å². The molecule has 12 heavy (non-hydrogen) atoms. The summed E-state index contributed by atoms with van der Waals surface area (Å²) in [5.41, 5.74) is 0. The predicted octanol–water partition coefficient (Wildman–Crippen LogP) is 1.72. The van der Waals surface area contributed by atoms with Gasteiger partial charge in [-0.2, -0.15) is 0 Å². The lowest BCUT2D eigenvalue weighted by Crippen LogP contribution is -2.38. The van der Waals surface area contributed by atoms with Crippen molar-refractivity contribution in [3.8, 4) is 0 Å². The van der Waals surface area contributed by atoms with E-state index in [1.807, 2.05) is 6.08 Å². The maximum absolute atomic E-state index is 5.45. The minimum atomic E-state index is 0.431. The Bertz CT molecular complexity index is 136. The standard InChI is InChI=1S/C10H19NO/c1-3-4-6-11-10-5-7-12-9(2)8-10/h3,9-11H,1,4-8H2,2H3. The Morgan fingerprint density at radius 2 is 2.50 bits per heavy atom. The molecule has 1 rings (SSSR count). The van der Waals surface area contributed by atoms with E-state index in [9.17, 15) is 0 Å². The highest BCUT2D eigenvalue weighted by atomic mass is 16.5. The Kier molecular flexibility index (Phi) is 4.33. The summed E-state index contributed by atoms with van der Waals surface area (Å²) in [6, 6.07) is 0.661. The Labute approximate surface area is 75.0 Å². The molecule has 2 nitrogen and oxygen atoms in total. The van der Waals surface area contributed by atoms with Gasteiger partial charge in [-0.25, -0.2) is 0 Å². The van der Waals surface area contributed by atoms with Gasteiger partial charge in [0, 0.05) is 12.6 Å². The first kappa shape index (κ1) is 9.75. The summed E-state index contributed by atoms with van der Waals surface area (Å²) in [5.74, 6) is 0. The largest absolute Gasteiger partial charge is 0.378 e. The molecule has 0 saturated carbocycles. The molecule has 1 aliphatic rings. The normalized spacial score (nSPS) is 30.1. The van der Waals surface area contributed by atoms with Crippen LogP contribution in [0.1, 0.15) is 26.2 Å². The fraction of sp³-hybridized carbons (Fsp3) is 0.800. The SMILES string of the molecule is C=CCCNC1CCOC(C)C1. The van der Waals surface area contributed by atoms with Gasteiger partial charge in [0.1, 0.15) is 0 Å². The van der Waals surface area contributed by atoms with E-state index in [0.717, 1.165) is 32.4 Å². The van der Waals surface area contributed by atoms with Gasteiger partial charge < -0.3 is 10.1 Å². The Hall–Kier alpha value is -0.340. The molecule has 0 radical (unpaired) electrons. The van der Waals surface area contributed by atoms with Crippen molar-refractivity contribution in [2.75, 3.05) is 13.2 Å². The zero-order valence-electron chi connectivity index (χ0n) is 7.88. The molecule has 1 heterocycles. The minimum absolute atomic E-state index is 0.431. The van der Waals surface area contributed by atoms with Crippen LogP contribution in [0, 0.1) is 0 Å². The van der Waals surface area contributed by atoms with Crippen LogP contribution in [0.2, 0.25) is 0 Å². The van der Waals surface area contributed by atoms with Crippen LogP contribution >= 0.6 is 0 Å². The molecule has 2 unspecified atom stereocenters. The first-order valence-electron chi connectivity index (χ1n) is 4.79. The smallest absolute Gasteiger partial charge is 0.0561 e. The van der Waals surface area contributed by atoms with Gasteiger partial charge in [-0.05, 0) is 32.7 Å². The summed E-state index contributed by atoms with van der Waals surface area (Å²) in [7, 11) is 0. The van der Waals surface area contributed by atoms with E-state index in [2.05, 4.69) is 18.8 Å². The van der Waals surface area contributed by atoms with Crippen LogP contribution in [0.5, 0.6) is 0 Å². The van der Waals surface area contributed by atoms with E-state index in [0.29, 0.717) is 12.1 Å². The van der Waals surface area contributed by atoms with E-state index in [1.165, 1.54) is 0 Å². The van der Waals surface area contributed by atoms with Crippen molar-refractivity contribution < 1.29 is 4.74 Å². The van der Waals surface area contributed by atoms with Crippen LogP contribution in [0.15, 0.2) is 12.7 Å². The monoisotopic (exact) mass is 169 g/mol. The van der Waals surface area contributed by atoms with Gasteiger partial charge in [0.15, 0.2) is 0 Å². The molecule has 70 valence electrons. The van der Waals surface area contributed by atoms with Gasteiger partial charge in [-0.15, -0.1) is 6.58 Å². The number of rotatable bonds is 4. The molecule has 1 aliphatic heterocycles. The number of nitrogens with one attached hydrogen (secondary N) is 1. The van der Waals surface area contributed by atoms with Gasteiger partial charge >= 0.3 is 0 Å². The highest BCUT2D eigenvalue weighted by Gasteiger charge is 2.17. The summed E-state index contributed by atoms with van der Waals surface area (Å²) in [6.45, 7) is 7.80. The lowest BCUT2D eigenvalue weighted by molar-refractivity contribution is 0.0135. The van der Waals surface area contributed by atoms with E-state index in [4.69, 9.17) is 4.74 Å². The lowest BCUT2D eigenvalue weighted by Gasteiger charge is -2.27. The number of hydrogen-bond donors (Lipinski definition) is 1. The summed E-state index contributed by atoms with van der Waals surface area (Å²) >= 11 is 0. The Balaban J connectivity index is 2.09. The molecular formula is C10H19NO. The van der Waals surface area contributed by atoms with Crippen molar-refractivity contribution in [3.05, 3.63) is 12.7 Å². The molecule has 0 spiro atoms. The second-order valence-corrected chi connectivity index (χ2v) is 3.43. The van der Waals surface area contributed by atoms with Crippen LogP contribution < -0.4 is 5.32 Å². The first-order valence-corrected chi connectivity index (χ1v) is 4.79. The number of hydrogen-bond acceptors (Lipinski definition) is 2. The molecule has 0 aromatic carbocycles. The van der Waals surface area contributed by atoms with Crippen molar-refractivity contribution in [2.45, 2.75) is 38.3 Å². The van der Waals surface area contributed by atoms with Gasteiger partial charge in [0.2, 0.25) is 0 Å². The molecule has 2 atom stereocenters. The summed E-state index contributed by atoms with van der Waals surface area (Å²) in [6.07, 6.45) is 5.75. The highest BCUT2D eigenvalue weighted by Crippen LogP contribution is 2.12. The minimum Gasteiger partial charge on any atom is -0.378 e. The van der Waals surface area contributed by atoms with Crippen molar-refractivity contribution in [1.82, 2.24) is 5.32 Å². The fourth-order valence-corrected chi connectivity index (χ4v) is 1.57. The van der Waals surface area contributed by atoms with E-state index >= 15 is 0 Å². The fourth-order valence-electron chi connectivity index (χ4n) is 1.57. The molecule has 0 bridgehead atoms. The maximum atomic E-state index is 5.45. The van der Waals surface area contributed by atoms with E-state index < -0.39 is 0 Å². The maximum Gasteiger partial charge on any atom is 0.0561 e. The van der Waals surface area contributed by atoms with Gasteiger partial charge in [-0.1, -0.05) is 6.08 Å². The molecule has 0 aliphatic carbocycles. The summed E-state index contributed by atoms with van der Waals surface area (Å²) < 4.78 is 5.45. The molecule has 0 amide bonds. The van der Waals surface area contributed by atoms with Crippen molar-refractivity contribution in [3.63, 3.8) is 0 Å². The molecular weight excluding hydrogens is 150 g/mol. The van der Waals surface area contributed by atoms with Crippen LogP contribution in [-0.2, 0) is 4.74 Å². The third kappa shape index (κ3) is 3.37. The van der Waals surface area contributed by atoms with Gasteiger partial charge in [0.25, 0.3) is 0 Å². The summed E-state index contributed by atoms with van der Waals surface area (Å²) in [5, 5.41) is 3.50. The average molecular weight is 169 g/mol. The van der Waals surface area contributed by atoms with Crippen LogP contribution in [0.25, 0.3) is 0 Å². The Morgan fingerprint density at radius 1 is 1.67 bits per heavy atom. The lowest BCUT2D eigenvalue weighted by atomic mass is 10.0. The summed E-state index contributed by atoms with van der Waals surface area (Å²) in [4.78, 5) is 0. The van der Waals surface area contributed by atoms with Crippen molar-refractivity contribution in [2.24, 2.45) is 0 Å². The van der Waals surface area contributed by atoms with Crippen LogP contribution in [-0.4, -0.2) is 25.3 Å². The molecule has 1 N–H and O–H groups in total. The zero-order chi connectivity index (χ0) is 8.81. The highest BCUT2D eigenvalue weighted by molar-refractivity contribution is 4.76. The third-order valence-corrected chi connectivity index (χ3v) is 2.27. The molecule has 0 aromatic heterocycles. The second kappa shape index (κ2) is 5.33. The quantitative estimate of drug-likeness (QED) is 0.511. The average Bonchev–Trinajstić information content (AvgIpc) is 2.05. The van der Waals surface area contributed by atoms with Gasteiger partial charge in [0.05, 0.1) is 6.10 Å². The molecule has 1 saturated heterocycles. The third-order valence-electron chi connectivity index (χ3n) is 2.27. The van der Waals surface area contributed by atoms with Crippen molar-refractivity contribution >= 4 is 0 Å². The van der Waals surface area contributed by atoms with Crippen LogP contribution in [0.4, 0.5) is 0 Å². The predicted molar refractivity (Wildman–Crippen MR) is 51.3 cm³/mol. The van der Waals surface area contributed by atoms with Crippen molar-refractivity contribution in [1.29, 1.82) is 0 Å². The zero-order valence-corrected chi connectivity index (χ0v) is 7.88. The molecule has 2 heteroatoms. The topological polar surface area (TPSA) is 21.3 Å². The van der Waals surface area contributed by atoms with E-state index in [-0.39, 0.29) is 0 Å². The van der Waals surface area contributed by atoms with Crippen LogP contribution in [0.3, 0.4) is 0 Å². The van der Waals surface area contributed by atoms with Gasteiger partial charge in [-0.3, -0.25) is 0 Å². The Morgan fingerprint density at radius 3 is 3.17 bits per heavy atom. The molecule has 0 aromatic rings. The second-order valence-electron chi connectivity index (χ2n) is 3.43. The number of ether oxygens (including phenoxy) is 1.